The highest BCUT2D eigenvalue weighted by atomic mass is 35.5. The first-order chi connectivity index (χ1) is 8.22. The molecule has 1 fully saturated rings. The van der Waals surface area contributed by atoms with Crippen molar-refractivity contribution in [1.29, 1.82) is 0 Å². The van der Waals surface area contributed by atoms with Gasteiger partial charge in [0.15, 0.2) is 0 Å². The molecule has 94 valence electrons. The van der Waals surface area contributed by atoms with Crippen molar-refractivity contribution < 1.29 is 4.74 Å². The molecule has 0 aliphatic heterocycles. The Morgan fingerprint density at radius 2 is 2.18 bits per heavy atom. The van der Waals surface area contributed by atoms with Crippen LogP contribution in [0, 0.1) is 0 Å². The molecule has 1 unspecified atom stereocenters. The van der Waals surface area contributed by atoms with Crippen LogP contribution in [-0.2, 0) is 11.2 Å². The Morgan fingerprint density at radius 3 is 2.65 bits per heavy atom. The Bertz CT molecular complexity index is 374. The standard InChI is InChI=1S/C13H19ClN2O/c1-17-13(7-4-8-13)12(16-15)9-10-5-2-3-6-11(10)14/h2-3,5-6,12,16H,4,7-9,15H2,1H3. The van der Waals surface area contributed by atoms with E-state index in [2.05, 4.69) is 5.43 Å². The first-order valence-corrected chi connectivity index (χ1v) is 6.34. The summed E-state index contributed by atoms with van der Waals surface area (Å²) in [7, 11) is 1.76. The molecule has 3 N–H and O–H groups in total. The second kappa shape index (κ2) is 5.36. The fourth-order valence-electron chi connectivity index (χ4n) is 2.50. The van der Waals surface area contributed by atoms with E-state index in [4.69, 9.17) is 22.2 Å². The molecule has 0 aromatic heterocycles. The number of ether oxygens (including phenoxy) is 1. The lowest BCUT2D eigenvalue weighted by molar-refractivity contribution is -0.0982. The summed E-state index contributed by atoms with van der Waals surface area (Å²) in [6.45, 7) is 0. The van der Waals surface area contributed by atoms with Gasteiger partial charge in [0.2, 0.25) is 0 Å². The highest BCUT2D eigenvalue weighted by molar-refractivity contribution is 6.31. The Morgan fingerprint density at radius 1 is 1.47 bits per heavy atom. The van der Waals surface area contributed by atoms with E-state index in [1.54, 1.807) is 7.11 Å². The smallest absolute Gasteiger partial charge is 0.0847 e. The largest absolute Gasteiger partial charge is 0.377 e. The molecule has 0 radical (unpaired) electrons. The van der Waals surface area contributed by atoms with Gasteiger partial charge in [-0.05, 0) is 37.3 Å². The van der Waals surface area contributed by atoms with Gasteiger partial charge in [-0.2, -0.15) is 0 Å². The number of rotatable bonds is 5. The zero-order chi connectivity index (χ0) is 12.3. The third-order valence-electron chi connectivity index (χ3n) is 3.82. The van der Waals surface area contributed by atoms with Gasteiger partial charge in [-0.3, -0.25) is 11.3 Å². The second-order valence-corrected chi connectivity index (χ2v) is 5.04. The fraction of sp³-hybridized carbons (Fsp3) is 0.538. The van der Waals surface area contributed by atoms with Crippen molar-refractivity contribution in [2.45, 2.75) is 37.3 Å². The molecule has 1 saturated carbocycles. The van der Waals surface area contributed by atoms with E-state index < -0.39 is 0 Å². The van der Waals surface area contributed by atoms with Crippen LogP contribution < -0.4 is 11.3 Å². The molecule has 1 aliphatic rings. The molecule has 4 heteroatoms. The predicted octanol–water partition coefficient (Wildman–Crippen LogP) is 2.28. The molecule has 0 amide bonds. The van der Waals surface area contributed by atoms with E-state index in [0.717, 1.165) is 29.8 Å². The third kappa shape index (κ3) is 2.47. The van der Waals surface area contributed by atoms with Crippen molar-refractivity contribution in [3.8, 4) is 0 Å². The third-order valence-corrected chi connectivity index (χ3v) is 4.19. The van der Waals surface area contributed by atoms with E-state index in [0.29, 0.717) is 0 Å². The van der Waals surface area contributed by atoms with E-state index >= 15 is 0 Å². The predicted molar refractivity (Wildman–Crippen MR) is 69.9 cm³/mol. The number of nitrogens with one attached hydrogen (secondary N) is 1. The van der Waals surface area contributed by atoms with Crippen molar-refractivity contribution >= 4 is 11.6 Å². The molecule has 0 heterocycles. The van der Waals surface area contributed by atoms with E-state index in [1.807, 2.05) is 24.3 Å². The zero-order valence-corrected chi connectivity index (χ0v) is 10.8. The van der Waals surface area contributed by atoms with Crippen molar-refractivity contribution in [3.05, 3.63) is 34.9 Å². The van der Waals surface area contributed by atoms with Crippen LogP contribution in [-0.4, -0.2) is 18.8 Å². The zero-order valence-electron chi connectivity index (χ0n) is 10.1. The quantitative estimate of drug-likeness (QED) is 0.626. The summed E-state index contributed by atoms with van der Waals surface area (Å²) in [6, 6.07) is 7.99. The molecule has 17 heavy (non-hydrogen) atoms. The minimum absolute atomic E-state index is 0.112. The molecule has 0 spiro atoms. The molecular formula is C13H19ClN2O. The van der Waals surface area contributed by atoms with E-state index in [1.165, 1.54) is 6.42 Å². The van der Waals surface area contributed by atoms with Gasteiger partial charge in [0, 0.05) is 12.1 Å². The summed E-state index contributed by atoms with van der Waals surface area (Å²) >= 11 is 6.17. The van der Waals surface area contributed by atoms with Gasteiger partial charge in [-0.1, -0.05) is 29.8 Å². The summed E-state index contributed by atoms with van der Waals surface area (Å²) in [5.41, 5.74) is 3.88. The number of hydrogen-bond acceptors (Lipinski definition) is 3. The van der Waals surface area contributed by atoms with Gasteiger partial charge in [-0.15, -0.1) is 0 Å². The number of halogens is 1. The molecule has 1 aromatic rings. The van der Waals surface area contributed by atoms with Crippen LogP contribution >= 0.6 is 11.6 Å². The average molecular weight is 255 g/mol. The van der Waals surface area contributed by atoms with Gasteiger partial charge >= 0.3 is 0 Å². The Labute approximate surface area is 107 Å². The topological polar surface area (TPSA) is 47.3 Å². The van der Waals surface area contributed by atoms with Gasteiger partial charge in [0.25, 0.3) is 0 Å². The summed E-state index contributed by atoms with van der Waals surface area (Å²) in [5.74, 6) is 5.67. The normalized spacial score (nSPS) is 19.7. The molecule has 1 atom stereocenters. The summed E-state index contributed by atoms with van der Waals surface area (Å²) in [5, 5.41) is 0.790. The molecule has 3 nitrogen and oxygen atoms in total. The minimum atomic E-state index is -0.117. The van der Waals surface area contributed by atoms with Crippen molar-refractivity contribution in [2.24, 2.45) is 5.84 Å². The van der Waals surface area contributed by atoms with Crippen LogP contribution in [0.15, 0.2) is 24.3 Å². The van der Waals surface area contributed by atoms with Crippen LogP contribution in [0.3, 0.4) is 0 Å². The Kier molecular flexibility index (Phi) is 4.05. The summed E-state index contributed by atoms with van der Waals surface area (Å²) < 4.78 is 5.65. The lowest BCUT2D eigenvalue weighted by Crippen LogP contribution is -2.59. The molecule has 1 aliphatic carbocycles. The molecule has 0 saturated heterocycles. The molecular weight excluding hydrogens is 236 g/mol. The first kappa shape index (κ1) is 12.8. The highest BCUT2D eigenvalue weighted by Crippen LogP contribution is 2.39. The van der Waals surface area contributed by atoms with Gasteiger partial charge in [0.05, 0.1) is 11.6 Å². The maximum absolute atomic E-state index is 6.17. The number of methoxy groups -OCH3 is 1. The minimum Gasteiger partial charge on any atom is -0.377 e. The van der Waals surface area contributed by atoms with Gasteiger partial charge < -0.3 is 4.74 Å². The van der Waals surface area contributed by atoms with Crippen LogP contribution in [0.25, 0.3) is 0 Å². The van der Waals surface area contributed by atoms with Crippen LogP contribution in [0.4, 0.5) is 0 Å². The van der Waals surface area contributed by atoms with Crippen LogP contribution in [0.1, 0.15) is 24.8 Å². The van der Waals surface area contributed by atoms with Crippen molar-refractivity contribution in [3.63, 3.8) is 0 Å². The van der Waals surface area contributed by atoms with Crippen LogP contribution in [0.5, 0.6) is 0 Å². The SMILES string of the molecule is COC1(C(Cc2ccccc2Cl)NN)CCC1. The van der Waals surface area contributed by atoms with Crippen LogP contribution in [0.2, 0.25) is 5.02 Å². The van der Waals surface area contributed by atoms with Gasteiger partial charge in [-0.25, -0.2) is 0 Å². The monoisotopic (exact) mass is 254 g/mol. The lowest BCUT2D eigenvalue weighted by atomic mass is 9.73. The Hall–Kier alpha value is -0.610. The Balaban J connectivity index is 2.13. The second-order valence-electron chi connectivity index (χ2n) is 4.64. The highest BCUT2D eigenvalue weighted by Gasteiger charge is 2.44. The van der Waals surface area contributed by atoms with Crippen molar-refractivity contribution in [2.75, 3.05) is 7.11 Å². The molecule has 1 aromatic carbocycles. The summed E-state index contributed by atoms with van der Waals surface area (Å²) in [6.07, 6.45) is 4.12. The van der Waals surface area contributed by atoms with Crippen molar-refractivity contribution in [1.82, 2.24) is 5.43 Å². The first-order valence-electron chi connectivity index (χ1n) is 5.96. The molecule has 0 bridgehead atoms. The lowest BCUT2D eigenvalue weighted by Gasteiger charge is -2.46. The van der Waals surface area contributed by atoms with Gasteiger partial charge in [0.1, 0.15) is 0 Å². The number of benzene rings is 1. The average Bonchev–Trinajstić information content (AvgIpc) is 2.29. The number of hydrazine groups is 1. The number of hydrogen-bond donors (Lipinski definition) is 2. The fourth-order valence-corrected chi connectivity index (χ4v) is 2.71. The van der Waals surface area contributed by atoms with E-state index in [9.17, 15) is 0 Å². The molecule has 2 rings (SSSR count). The number of nitrogens with two attached hydrogens (primary N) is 1. The maximum atomic E-state index is 6.17. The van der Waals surface area contributed by atoms with E-state index in [-0.39, 0.29) is 11.6 Å². The summed E-state index contributed by atoms with van der Waals surface area (Å²) in [4.78, 5) is 0. The maximum Gasteiger partial charge on any atom is 0.0847 e.